The van der Waals surface area contributed by atoms with Crippen LogP contribution in [0.1, 0.15) is 10.4 Å². The van der Waals surface area contributed by atoms with Crippen LogP contribution in [-0.2, 0) is 0 Å². The molecule has 0 radical (unpaired) electrons. The highest BCUT2D eigenvalue weighted by Crippen LogP contribution is 2.23. The standard InChI is InChI=1S/C16H14N4O2S/c1-22-15-10-6-5-9-13(15)14(21)11-23-16-17-18-19-20(16)12-7-3-2-4-8-12/h2-10H,11H2,1H3. The van der Waals surface area contributed by atoms with E-state index in [-0.39, 0.29) is 11.5 Å². The lowest BCUT2D eigenvalue weighted by atomic mass is 10.1. The van der Waals surface area contributed by atoms with Gasteiger partial charge in [-0.15, -0.1) is 5.10 Å². The molecule has 0 aliphatic heterocycles. The Bertz CT molecular complexity index is 805. The minimum Gasteiger partial charge on any atom is -0.496 e. The van der Waals surface area contributed by atoms with E-state index in [2.05, 4.69) is 15.5 Å². The fourth-order valence-electron chi connectivity index (χ4n) is 2.08. The van der Waals surface area contributed by atoms with Gasteiger partial charge in [-0.3, -0.25) is 4.79 Å². The molecule has 0 fully saturated rings. The molecule has 0 unspecified atom stereocenters. The lowest BCUT2D eigenvalue weighted by molar-refractivity contribution is 0.101. The van der Waals surface area contributed by atoms with E-state index in [0.717, 1.165) is 5.69 Å². The number of thioether (sulfide) groups is 1. The van der Waals surface area contributed by atoms with Gasteiger partial charge in [-0.05, 0) is 34.7 Å². The van der Waals surface area contributed by atoms with Crippen LogP contribution in [0.25, 0.3) is 5.69 Å². The van der Waals surface area contributed by atoms with Gasteiger partial charge in [0.15, 0.2) is 5.78 Å². The zero-order valence-corrected chi connectivity index (χ0v) is 13.2. The lowest BCUT2D eigenvalue weighted by Gasteiger charge is -2.07. The molecule has 0 amide bonds. The highest BCUT2D eigenvalue weighted by Gasteiger charge is 2.15. The molecule has 0 saturated heterocycles. The smallest absolute Gasteiger partial charge is 0.214 e. The summed E-state index contributed by atoms with van der Waals surface area (Å²) in [5.41, 5.74) is 1.41. The van der Waals surface area contributed by atoms with Crippen LogP contribution < -0.4 is 4.74 Å². The van der Waals surface area contributed by atoms with Crippen LogP contribution >= 0.6 is 11.8 Å². The molecular formula is C16H14N4O2S. The van der Waals surface area contributed by atoms with Crippen LogP contribution in [0.3, 0.4) is 0 Å². The van der Waals surface area contributed by atoms with Crippen molar-refractivity contribution >= 4 is 17.5 Å². The lowest BCUT2D eigenvalue weighted by Crippen LogP contribution is -2.06. The topological polar surface area (TPSA) is 69.9 Å². The van der Waals surface area contributed by atoms with Crippen molar-refractivity contribution in [2.75, 3.05) is 12.9 Å². The van der Waals surface area contributed by atoms with Crippen LogP contribution in [-0.4, -0.2) is 38.9 Å². The second kappa shape index (κ2) is 7.06. The maximum atomic E-state index is 12.4. The average Bonchev–Trinajstić information content (AvgIpc) is 3.09. The number of hydrogen-bond donors (Lipinski definition) is 0. The molecule has 1 heterocycles. The molecular weight excluding hydrogens is 312 g/mol. The summed E-state index contributed by atoms with van der Waals surface area (Å²) in [4.78, 5) is 12.4. The molecule has 0 N–H and O–H groups in total. The van der Waals surface area contributed by atoms with Gasteiger partial charge in [0.1, 0.15) is 5.75 Å². The highest BCUT2D eigenvalue weighted by atomic mass is 32.2. The zero-order chi connectivity index (χ0) is 16.1. The number of ketones is 1. The van der Waals surface area contributed by atoms with Gasteiger partial charge in [0.05, 0.1) is 24.1 Å². The molecule has 0 spiro atoms. The number of benzene rings is 2. The first-order valence-corrected chi connectivity index (χ1v) is 7.91. The molecule has 0 aliphatic carbocycles. The molecule has 0 saturated carbocycles. The number of hydrogen-bond acceptors (Lipinski definition) is 6. The van der Waals surface area contributed by atoms with Crippen molar-refractivity contribution in [2.45, 2.75) is 5.16 Å². The van der Waals surface area contributed by atoms with Crippen LogP contribution in [0.5, 0.6) is 5.75 Å². The van der Waals surface area contributed by atoms with E-state index in [0.29, 0.717) is 16.5 Å². The third-order valence-corrected chi connectivity index (χ3v) is 4.10. The van der Waals surface area contributed by atoms with Gasteiger partial charge in [-0.2, -0.15) is 4.68 Å². The Hall–Kier alpha value is -2.67. The predicted molar refractivity (Wildman–Crippen MR) is 87.2 cm³/mol. The summed E-state index contributed by atoms with van der Waals surface area (Å²) >= 11 is 1.29. The van der Waals surface area contributed by atoms with Gasteiger partial charge in [0, 0.05) is 0 Å². The number of carbonyl (C=O) groups is 1. The van der Waals surface area contributed by atoms with E-state index >= 15 is 0 Å². The minimum absolute atomic E-state index is 0.0324. The molecule has 1 aromatic heterocycles. The average molecular weight is 326 g/mol. The maximum absolute atomic E-state index is 12.4. The summed E-state index contributed by atoms with van der Waals surface area (Å²) in [5.74, 6) is 0.768. The van der Waals surface area contributed by atoms with Crippen LogP contribution in [0.2, 0.25) is 0 Å². The van der Waals surface area contributed by atoms with Crippen LogP contribution in [0, 0.1) is 0 Å². The van der Waals surface area contributed by atoms with Crippen molar-refractivity contribution in [3.8, 4) is 11.4 Å². The Morgan fingerprint density at radius 1 is 1.13 bits per heavy atom. The molecule has 7 heteroatoms. The number of methoxy groups -OCH3 is 1. The summed E-state index contributed by atoms with van der Waals surface area (Å²) in [6, 6.07) is 16.7. The Kier molecular flexibility index (Phi) is 4.68. The molecule has 0 aliphatic rings. The van der Waals surface area contributed by atoms with Crippen molar-refractivity contribution in [1.29, 1.82) is 0 Å². The second-order valence-corrected chi connectivity index (χ2v) is 5.56. The van der Waals surface area contributed by atoms with Gasteiger partial charge < -0.3 is 4.74 Å². The SMILES string of the molecule is COc1ccccc1C(=O)CSc1nnnn1-c1ccccc1. The second-order valence-electron chi connectivity index (χ2n) is 4.62. The quantitative estimate of drug-likeness (QED) is 0.512. The van der Waals surface area contributed by atoms with Crippen molar-refractivity contribution in [2.24, 2.45) is 0 Å². The van der Waals surface area contributed by atoms with Crippen LogP contribution in [0.15, 0.2) is 59.8 Å². The van der Waals surface area contributed by atoms with Gasteiger partial charge in [0.25, 0.3) is 0 Å². The number of para-hydroxylation sites is 2. The Labute approximate surface area is 137 Å². The van der Waals surface area contributed by atoms with Crippen molar-refractivity contribution in [1.82, 2.24) is 20.2 Å². The largest absolute Gasteiger partial charge is 0.496 e. The van der Waals surface area contributed by atoms with Gasteiger partial charge in [-0.25, -0.2) is 0 Å². The molecule has 6 nitrogen and oxygen atoms in total. The van der Waals surface area contributed by atoms with Gasteiger partial charge in [-0.1, -0.05) is 42.1 Å². The first-order chi connectivity index (χ1) is 11.3. The zero-order valence-electron chi connectivity index (χ0n) is 12.4. The van der Waals surface area contributed by atoms with E-state index in [1.165, 1.54) is 11.8 Å². The number of ether oxygens (including phenoxy) is 1. The van der Waals surface area contributed by atoms with Gasteiger partial charge >= 0.3 is 0 Å². The number of rotatable bonds is 6. The molecule has 2 aromatic carbocycles. The maximum Gasteiger partial charge on any atom is 0.214 e. The summed E-state index contributed by atoms with van der Waals surface area (Å²) in [6.07, 6.45) is 0. The molecule has 3 rings (SSSR count). The minimum atomic E-state index is -0.0324. The van der Waals surface area contributed by atoms with E-state index < -0.39 is 0 Å². The Balaban J connectivity index is 1.75. The molecule has 23 heavy (non-hydrogen) atoms. The predicted octanol–water partition coefficient (Wildman–Crippen LogP) is 2.65. The summed E-state index contributed by atoms with van der Waals surface area (Å²) < 4.78 is 6.83. The number of carbonyl (C=O) groups excluding carboxylic acids is 1. The summed E-state index contributed by atoms with van der Waals surface area (Å²) in [5, 5.41) is 12.2. The monoisotopic (exact) mass is 326 g/mol. The highest BCUT2D eigenvalue weighted by molar-refractivity contribution is 7.99. The number of nitrogens with zero attached hydrogens (tertiary/aromatic N) is 4. The van der Waals surface area contributed by atoms with Crippen LogP contribution in [0.4, 0.5) is 0 Å². The number of aromatic nitrogens is 4. The van der Waals surface area contributed by atoms with E-state index in [9.17, 15) is 4.79 Å². The summed E-state index contributed by atoms with van der Waals surface area (Å²) in [6.45, 7) is 0. The van der Waals surface area contributed by atoms with Crippen molar-refractivity contribution in [3.63, 3.8) is 0 Å². The molecule has 3 aromatic rings. The molecule has 0 bridgehead atoms. The fraction of sp³-hybridized carbons (Fsp3) is 0.125. The fourth-order valence-corrected chi connectivity index (χ4v) is 2.86. The van der Waals surface area contributed by atoms with E-state index in [1.807, 2.05) is 42.5 Å². The normalized spacial score (nSPS) is 10.5. The molecule has 0 atom stereocenters. The Morgan fingerprint density at radius 3 is 2.65 bits per heavy atom. The molecule has 116 valence electrons. The number of tetrazole rings is 1. The first kappa shape index (κ1) is 15.2. The van der Waals surface area contributed by atoms with Gasteiger partial charge in [0.2, 0.25) is 5.16 Å². The first-order valence-electron chi connectivity index (χ1n) is 6.92. The van der Waals surface area contributed by atoms with Crippen molar-refractivity contribution in [3.05, 3.63) is 60.2 Å². The number of Topliss-reactive ketones (excluding diaryl/α,β-unsaturated/α-hetero) is 1. The van der Waals surface area contributed by atoms with E-state index in [1.54, 1.807) is 23.9 Å². The van der Waals surface area contributed by atoms with E-state index in [4.69, 9.17) is 4.74 Å². The Morgan fingerprint density at radius 2 is 1.87 bits per heavy atom. The summed E-state index contributed by atoms with van der Waals surface area (Å²) in [7, 11) is 1.55. The third kappa shape index (κ3) is 3.40. The third-order valence-electron chi connectivity index (χ3n) is 3.18. The van der Waals surface area contributed by atoms with Crippen molar-refractivity contribution < 1.29 is 9.53 Å².